The molecule has 2 N–H and O–H groups in total. The highest BCUT2D eigenvalue weighted by Crippen LogP contribution is 2.11. The smallest absolute Gasteiger partial charge is 0.226 e. The van der Waals surface area contributed by atoms with E-state index in [9.17, 15) is 4.79 Å². The summed E-state index contributed by atoms with van der Waals surface area (Å²) in [6.45, 7) is 6.20. The van der Waals surface area contributed by atoms with Crippen molar-refractivity contribution in [2.24, 2.45) is 5.41 Å². The van der Waals surface area contributed by atoms with E-state index in [2.05, 4.69) is 10.6 Å². The van der Waals surface area contributed by atoms with E-state index in [-0.39, 0.29) is 11.3 Å². The summed E-state index contributed by atoms with van der Waals surface area (Å²) in [7, 11) is 1.79. The second kappa shape index (κ2) is 3.56. The molecule has 0 saturated heterocycles. The van der Waals surface area contributed by atoms with Crippen LogP contribution in [0.5, 0.6) is 0 Å². The summed E-state index contributed by atoms with van der Waals surface area (Å²) in [4.78, 5) is 11.1. The number of amides is 1. The quantitative estimate of drug-likeness (QED) is 0.548. The van der Waals surface area contributed by atoms with Crippen LogP contribution < -0.4 is 10.6 Å². The van der Waals surface area contributed by atoms with Gasteiger partial charge in [0.2, 0.25) is 5.91 Å². The predicted molar refractivity (Wildman–Crippen MR) is 41.5 cm³/mol. The molecule has 0 saturated carbocycles. The van der Waals surface area contributed by atoms with E-state index in [4.69, 9.17) is 0 Å². The van der Waals surface area contributed by atoms with Crippen molar-refractivity contribution in [2.45, 2.75) is 20.8 Å². The zero-order valence-electron chi connectivity index (χ0n) is 7.12. The molecule has 0 spiro atoms. The van der Waals surface area contributed by atoms with E-state index in [1.165, 1.54) is 0 Å². The maximum atomic E-state index is 11.1. The summed E-state index contributed by atoms with van der Waals surface area (Å²) < 4.78 is 0. The lowest BCUT2D eigenvalue weighted by atomic mass is 9.96. The summed E-state index contributed by atoms with van der Waals surface area (Å²) in [5.74, 6) is 0.0712. The summed E-state index contributed by atoms with van der Waals surface area (Å²) in [5, 5.41) is 5.56. The van der Waals surface area contributed by atoms with Crippen molar-refractivity contribution in [2.75, 3.05) is 13.7 Å². The summed E-state index contributed by atoms with van der Waals surface area (Å²) >= 11 is 0. The molecule has 0 unspecified atom stereocenters. The first-order valence-corrected chi connectivity index (χ1v) is 3.41. The Morgan fingerprint density at radius 1 is 1.40 bits per heavy atom. The third-order valence-electron chi connectivity index (χ3n) is 1.11. The van der Waals surface area contributed by atoms with Crippen LogP contribution in [0, 0.1) is 5.41 Å². The van der Waals surface area contributed by atoms with Gasteiger partial charge in [0.15, 0.2) is 0 Å². The maximum Gasteiger partial charge on any atom is 0.226 e. The minimum absolute atomic E-state index is 0.0712. The molecule has 0 atom stereocenters. The Labute approximate surface area is 62.2 Å². The van der Waals surface area contributed by atoms with Crippen LogP contribution in [0.15, 0.2) is 0 Å². The molecule has 60 valence electrons. The van der Waals surface area contributed by atoms with Gasteiger partial charge in [-0.05, 0) is 7.05 Å². The van der Waals surface area contributed by atoms with Gasteiger partial charge < -0.3 is 10.6 Å². The molecule has 0 aliphatic carbocycles. The van der Waals surface area contributed by atoms with Gasteiger partial charge in [-0.3, -0.25) is 4.79 Å². The zero-order valence-corrected chi connectivity index (χ0v) is 7.12. The van der Waals surface area contributed by atoms with Crippen LogP contribution in [0.3, 0.4) is 0 Å². The minimum Gasteiger partial charge on any atom is -0.343 e. The SMILES string of the molecule is CNCNC(=O)C(C)(C)C. The Kier molecular flexibility index (Phi) is 3.36. The van der Waals surface area contributed by atoms with E-state index < -0.39 is 0 Å². The van der Waals surface area contributed by atoms with Crippen molar-refractivity contribution in [3.63, 3.8) is 0 Å². The number of carbonyl (C=O) groups excluding carboxylic acids is 1. The number of hydrogen-bond donors (Lipinski definition) is 2. The molecule has 3 heteroatoms. The number of rotatable bonds is 2. The molecular weight excluding hydrogens is 128 g/mol. The van der Waals surface area contributed by atoms with Crippen LogP contribution in [0.25, 0.3) is 0 Å². The van der Waals surface area contributed by atoms with Crippen molar-refractivity contribution in [1.82, 2.24) is 10.6 Å². The first kappa shape index (κ1) is 9.43. The molecule has 0 aliphatic rings. The van der Waals surface area contributed by atoms with E-state index >= 15 is 0 Å². The van der Waals surface area contributed by atoms with E-state index in [1.807, 2.05) is 20.8 Å². The molecule has 0 aliphatic heterocycles. The first-order chi connectivity index (χ1) is 4.48. The Balaban J connectivity index is 3.64. The van der Waals surface area contributed by atoms with E-state index in [0.717, 1.165) is 0 Å². The van der Waals surface area contributed by atoms with Crippen molar-refractivity contribution >= 4 is 5.91 Å². The van der Waals surface area contributed by atoms with Crippen LogP contribution in [-0.2, 0) is 4.79 Å². The Bertz CT molecular complexity index is 115. The van der Waals surface area contributed by atoms with Gasteiger partial charge in [-0.2, -0.15) is 0 Å². The molecule has 0 heterocycles. The van der Waals surface area contributed by atoms with Crippen molar-refractivity contribution in [1.29, 1.82) is 0 Å². The second-order valence-corrected chi connectivity index (χ2v) is 3.29. The molecule has 1 amide bonds. The minimum atomic E-state index is -0.281. The van der Waals surface area contributed by atoms with Crippen LogP contribution in [0.4, 0.5) is 0 Å². The van der Waals surface area contributed by atoms with Crippen molar-refractivity contribution in [3.05, 3.63) is 0 Å². The van der Waals surface area contributed by atoms with E-state index in [0.29, 0.717) is 6.67 Å². The molecule has 0 rings (SSSR count). The highest BCUT2D eigenvalue weighted by Gasteiger charge is 2.19. The van der Waals surface area contributed by atoms with Gasteiger partial charge in [-0.25, -0.2) is 0 Å². The highest BCUT2D eigenvalue weighted by atomic mass is 16.2. The van der Waals surface area contributed by atoms with Gasteiger partial charge in [-0.1, -0.05) is 20.8 Å². The molecule has 0 radical (unpaired) electrons. The molecule has 0 aromatic rings. The third-order valence-corrected chi connectivity index (χ3v) is 1.11. The molecular formula is C7H16N2O. The van der Waals surface area contributed by atoms with Crippen LogP contribution in [-0.4, -0.2) is 19.6 Å². The highest BCUT2D eigenvalue weighted by molar-refractivity contribution is 5.81. The molecule has 0 bridgehead atoms. The number of nitrogens with one attached hydrogen (secondary N) is 2. The second-order valence-electron chi connectivity index (χ2n) is 3.29. The largest absolute Gasteiger partial charge is 0.343 e. The third kappa shape index (κ3) is 3.45. The Morgan fingerprint density at radius 2 is 1.90 bits per heavy atom. The molecule has 0 fully saturated rings. The van der Waals surface area contributed by atoms with Crippen LogP contribution in [0.1, 0.15) is 20.8 Å². The lowest BCUT2D eigenvalue weighted by Crippen LogP contribution is -2.39. The van der Waals surface area contributed by atoms with E-state index in [1.54, 1.807) is 7.05 Å². The molecule has 10 heavy (non-hydrogen) atoms. The monoisotopic (exact) mass is 144 g/mol. The average molecular weight is 144 g/mol. The topological polar surface area (TPSA) is 41.1 Å². The maximum absolute atomic E-state index is 11.1. The summed E-state index contributed by atoms with van der Waals surface area (Å²) in [6, 6.07) is 0. The summed E-state index contributed by atoms with van der Waals surface area (Å²) in [6.07, 6.45) is 0. The summed E-state index contributed by atoms with van der Waals surface area (Å²) in [5.41, 5.74) is -0.281. The fourth-order valence-electron chi connectivity index (χ4n) is 0.434. The van der Waals surface area contributed by atoms with Gasteiger partial charge in [0.1, 0.15) is 0 Å². The lowest BCUT2D eigenvalue weighted by Gasteiger charge is -2.16. The average Bonchev–Trinajstić information content (AvgIpc) is 1.80. The van der Waals surface area contributed by atoms with Crippen LogP contribution >= 0.6 is 0 Å². The fraction of sp³-hybridized carbons (Fsp3) is 0.857. The molecule has 3 nitrogen and oxygen atoms in total. The zero-order chi connectivity index (χ0) is 8.20. The fourth-order valence-corrected chi connectivity index (χ4v) is 0.434. The van der Waals surface area contributed by atoms with Gasteiger partial charge in [0, 0.05) is 5.41 Å². The van der Waals surface area contributed by atoms with Crippen molar-refractivity contribution < 1.29 is 4.79 Å². The Hall–Kier alpha value is -0.570. The predicted octanol–water partition coefficient (Wildman–Crippen LogP) is 0.326. The number of hydrogen-bond acceptors (Lipinski definition) is 2. The first-order valence-electron chi connectivity index (χ1n) is 3.41. The van der Waals surface area contributed by atoms with Gasteiger partial charge >= 0.3 is 0 Å². The van der Waals surface area contributed by atoms with Gasteiger partial charge in [0.25, 0.3) is 0 Å². The lowest BCUT2D eigenvalue weighted by molar-refractivity contribution is -0.128. The van der Waals surface area contributed by atoms with Gasteiger partial charge in [-0.15, -0.1) is 0 Å². The van der Waals surface area contributed by atoms with Crippen LogP contribution in [0.2, 0.25) is 0 Å². The Morgan fingerprint density at radius 3 is 2.20 bits per heavy atom. The van der Waals surface area contributed by atoms with Gasteiger partial charge in [0.05, 0.1) is 6.67 Å². The molecule has 0 aromatic heterocycles. The standard InChI is InChI=1S/C7H16N2O/c1-7(2,3)6(10)9-5-8-4/h8H,5H2,1-4H3,(H,9,10). The van der Waals surface area contributed by atoms with Crippen molar-refractivity contribution in [3.8, 4) is 0 Å². The number of carbonyl (C=O) groups is 1. The molecule has 0 aromatic carbocycles. The normalized spacial score (nSPS) is 11.2.